The third kappa shape index (κ3) is 3.32. The van der Waals surface area contributed by atoms with Crippen LogP contribution in [-0.4, -0.2) is 9.97 Å². The number of aromatic nitrogens is 2. The molecule has 15 heavy (non-hydrogen) atoms. The van der Waals surface area contributed by atoms with Gasteiger partial charge in [0.1, 0.15) is 6.07 Å². The zero-order valence-electron chi connectivity index (χ0n) is 10.4. The van der Waals surface area contributed by atoms with E-state index in [1.807, 2.05) is 33.8 Å². The molecule has 0 saturated carbocycles. The SMILES string of the molecule is CC.Cc1nc(C#N)nc(C)c1C(C)C. The third-order valence-electron chi connectivity index (χ3n) is 2.00. The smallest absolute Gasteiger partial charge is 0.224 e. The van der Waals surface area contributed by atoms with Crippen LogP contribution >= 0.6 is 0 Å². The lowest BCUT2D eigenvalue weighted by Gasteiger charge is -2.11. The average molecular weight is 205 g/mol. The minimum atomic E-state index is 0.263. The summed E-state index contributed by atoms with van der Waals surface area (Å²) in [6.45, 7) is 12.0. The second kappa shape index (κ2) is 6.13. The lowest BCUT2D eigenvalue weighted by molar-refractivity contribution is 0.807. The molecule has 0 bridgehead atoms. The normalized spacial score (nSPS) is 9.20. The van der Waals surface area contributed by atoms with Gasteiger partial charge in [0.2, 0.25) is 5.82 Å². The predicted molar refractivity (Wildman–Crippen MR) is 61.7 cm³/mol. The molecule has 1 rings (SSSR count). The highest BCUT2D eigenvalue weighted by molar-refractivity contribution is 5.29. The molecule has 0 saturated heterocycles. The largest absolute Gasteiger partial charge is 0.232 e. The van der Waals surface area contributed by atoms with Crippen molar-refractivity contribution < 1.29 is 0 Å². The minimum absolute atomic E-state index is 0.263. The van der Waals surface area contributed by atoms with Crippen molar-refractivity contribution in [3.63, 3.8) is 0 Å². The van der Waals surface area contributed by atoms with Crippen molar-refractivity contribution in [3.8, 4) is 6.07 Å². The van der Waals surface area contributed by atoms with E-state index in [9.17, 15) is 0 Å². The maximum Gasteiger partial charge on any atom is 0.232 e. The molecule has 0 unspecified atom stereocenters. The first-order chi connectivity index (χ1) is 7.06. The number of aryl methyl sites for hydroxylation is 2. The fourth-order valence-electron chi connectivity index (χ4n) is 1.61. The second-order valence-corrected chi connectivity index (χ2v) is 3.40. The minimum Gasteiger partial charge on any atom is -0.224 e. The molecule has 3 nitrogen and oxygen atoms in total. The molecule has 0 aromatic carbocycles. The molecule has 1 aromatic rings. The molecule has 0 aliphatic heterocycles. The fraction of sp³-hybridized carbons (Fsp3) is 0.583. The van der Waals surface area contributed by atoms with Gasteiger partial charge >= 0.3 is 0 Å². The number of hydrogen-bond donors (Lipinski definition) is 0. The van der Waals surface area contributed by atoms with Crippen molar-refractivity contribution in [1.29, 1.82) is 5.26 Å². The monoisotopic (exact) mass is 205 g/mol. The van der Waals surface area contributed by atoms with E-state index in [-0.39, 0.29) is 5.82 Å². The van der Waals surface area contributed by atoms with Crippen molar-refractivity contribution >= 4 is 0 Å². The molecule has 0 N–H and O–H groups in total. The van der Waals surface area contributed by atoms with E-state index in [0.717, 1.165) is 17.0 Å². The molecule has 0 aliphatic rings. The van der Waals surface area contributed by atoms with E-state index in [1.165, 1.54) is 0 Å². The highest BCUT2D eigenvalue weighted by Gasteiger charge is 2.10. The molecule has 0 atom stereocenters. The zero-order chi connectivity index (χ0) is 12.0. The molecule has 3 heteroatoms. The number of rotatable bonds is 1. The van der Waals surface area contributed by atoms with E-state index in [1.54, 1.807) is 0 Å². The molecule has 1 heterocycles. The second-order valence-electron chi connectivity index (χ2n) is 3.40. The molecule has 0 radical (unpaired) electrons. The maximum atomic E-state index is 8.64. The van der Waals surface area contributed by atoms with Crippen molar-refractivity contribution in [3.05, 3.63) is 22.8 Å². The van der Waals surface area contributed by atoms with Gasteiger partial charge in [-0.3, -0.25) is 0 Å². The van der Waals surface area contributed by atoms with Crippen LogP contribution in [0.4, 0.5) is 0 Å². The fourth-order valence-corrected chi connectivity index (χ4v) is 1.61. The Hall–Kier alpha value is -1.43. The van der Waals surface area contributed by atoms with Gasteiger partial charge in [0, 0.05) is 11.4 Å². The van der Waals surface area contributed by atoms with Gasteiger partial charge < -0.3 is 0 Å². The van der Waals surface area contributed by atoms with E-state index in [2.05, 4.69) is 23.8 Å². The molecule has 0 spiro atoms. The Kier molecular flexibility index (Phi) is 5.54. The zero-order valence-corrected chi connectivity index (χ0v) is 10.4. The summed E-state index contributed by atoms with van der Waals surface area (Å²) >= 11 is 0. The number of hydrogen-bond acceptors (Lipinski definition) is 3. The summed E-state index contributed by atoms with van der Waals surface area (Å²) in [5.41, 5.74) is 2.98. The standard InChI is InChI=1S/C10H13N3.C2H6/c1-6(2)10-7(3)12-9(5-11)13-8(10)4;1-2/h6H,1-4H3;1-2H3. The molecular weight excluding hydrogens is 186 g/mol. The average Bonchev–Trinajstić information content (AvgIpc) is 2.19. The summed E-state index contributed by atoms with van der Waals surface area (Å²) in [5.74, 6) is 0.673. The van der Waals surface area contributed by atoms with Gasteiger partial charge in [-0.2, -0.15) is 5.26 Å². The molecule has 1 aromatic heterocycles. The Morgan fingerprint density at radius 1 is 1.07 bits per heavy atom. The summed E-state index contributed by atoms with van der Waals surface area (Å²) in [7, 11) is 0. The molecular formula is C12H19N3. The van der Waals surface area contributed by atoms with Crippen LogP contribution in [0.5, 0.6) is 0 Å². The van der Waals surface area contributed by atoms with Gasteiger partial charge in [0.25, 0.3) is 0 Å². The lowest BCUT2D eigenvalue weighted by atomic mass is 10.0. The van der Waals surface area contributed by atoms with Crippen molar-refractivity contribution in [2.45, 2.75) is 47.5 Å². The summed E-state index contributed by atoms with van der Waals surface area (Å²) < 4.78 is 0. The Balaban J connectivity index is 0.000000921. The van der Waals surface area contributed by atoms with Gasteiger partial charge in [0.05, 0.1) is 0 Å². The number of nitriles is 1. The first kappa shape index (κ1) is 13.6. The van der Waals surface area contributed by atoms with Crippen LogP contribution in [0.1, 0.15) is 56.4 Å². The van der Waals surface area contributed by atoms with Crippen LogP contribution in [0.3, 0.4) is 0 Å². The Morgan fingerprint density at radius 3 is 1.73 bits per heavy atom. The molecule has 0 amide bonds. The quantitative estimate of drug-likeness (QED) is 0.707. The van der Waals surface area contributed by atoms with Crippen LogP contribution in [-0.2, 0) is 0 Å². The van der Waals surface area contributed by atoms with E-state index >= 15 is 0 Å². The Morgan fingerprint density at radius 2 is 1.47 bits per heavy atom. The molecule has 82 valence electrons. The molecule has 0 aliphatic carbocycles. The highest BCUT2D eigenvalue weighted by atomic mass is 14.9. The maximum absolute atomic E-state index is 8.64. The van der Waals surface area contributed by atoms with Crippen LogP contribution in [0.25, 0.3) is 0 Å². The lowest BCUT2D eigenvalue weighted by Crippen LogP contribution is -2.04. The summed E-state index contributed by atoms with van der Waals surface area (Å²) in [5, 5.41) is 8.64. The van der Waals surface area contributed by atoms with Gasteiger partial charge in [-0.25, -0.2) is 9.97 Å². The topological polar surface area (TPSA) is 49.6 Å². The van der Waals surface area contributed by atoms with Gasteiger partial charge in [0.15, 0.2) is 0 Å². The molecule has 0 fully saturated rings. The first-order valence-electron chi connectivity index (χ1n) is 5.31. The van der Waals surface area contributed by atoms with Crippen molar-refractivity contribution in [1.82, 2.24) is 9.97 Å². The predicted octanol–water partition coefficient (Wildman–Crippen LogP) is 3.11. The van der Waals surface area contributed by atoms with E-state index in [0.29, 0.717) is 5.92 Å². The summed E-state index contributed by atoms with van der Waals surface area (Å²) in [6.07, 6.45) is 0. The van der Waals surface area contributed by atoms with E-state index in [4.69, 9.17) is 5.26 Å². The van der Waals surface area contributed by atoms with Crippen LogP contribution in [0.15, 0.2) is 0 Å². The van der Waals surface area contributed by atoms with Crippen LogP contribution < -0.4 is 0 Å². The van der Waals surface area contributed by atoms with Gasteiger partial charge in [-0.05, 0) is 25.3 Å². The van der Waals surface area contributed by atoms with Gasteiger partial charge in [-0.15, -0.1) is 0 Å². The summed E-state index contributed by atoms with van der Waals surface area (Å²) in [6, 6.07) is 1.95. The highest BCUT2D eigenvalue weighted by Crippen LogP contribution is 2.19. The van der Waals surface area contributed by atoms with Crippen molar-refractivity contribution in [2.24, 2.45) is 0 Å². The first-order valence-corrected chi connectivity index (χ1v) is 5.31. The number of nitrogens with zero attached hydrogens (tertiary/aromatic N) is 3. The Bertz CT molecular complexity index is 339. The van der Waals surface area contributed by atoms with Gasteiger partial charge in [-0.1, -0.05) is 27.7 Å². The Labute approximate surface area is 92.2 Å². The van der Waals surface area contributed by atoms with Crippen LogP contribution in [0, 0.1) is 25.2 Å². The van der Waals surface area contributed by atoms with E-state index < -0.39 is 0 Å². The van der Waals surface area contributed by atoms with Crippen LogP contribution in [0.2, 0.25) is 0 Å². The van der Waals surface area contributed by atoms with Crippen molar-refractivity contribution in [2.75, 3.05) is 0 Å². The third-order valence-corrected chi connectivity index (χ3v) is 2.00. The summed E-state index contributed by atoms with van der Waals surface area (Å²) in [4.78, 5) is 8.20.